The molecule has 1 saturated heterocycles. The van der Waals surface area contributed by atoms with Crippen molar-refractivity contribution < 1.29 is 19.4 Å². The summed E-state index contributed by atoms with van der Waals surface area (Å²) < 4.78 is 12.4. The average Bonchev–Trinajstić information content (AvgIpc) is 3.25. The Bertz CT molecular complexity index is 737. The van der Waals surface area contributed by atoms with Crippen LogP contribution >= 0.6 is 0 Å². The van der Waals surface area contributed by atoms with E-state index in [1.807, 2.05) is 0 Å². The molecule has 4 aliphatic carbocycles. The van der Waals surface area contributed by atoms with Gasteiger partial charge in [-0.2, -0.15) is 0 Å². The lowest BCUT2D eigenvalue weighted by Gasteiger charge is -2.61. The number of carbonyl (C=O) groups is 1. The third-order valence-corrected chi connectivity index (χ3v) is 11.8. The van der Waals surface area contributed by atoms with Crippen LogP contribution in [0.2, 0.25) is 0 Å². The van der Waals surface area contributed by atoms with Crippen molar-refractivity contribution in [2.75, 3.05) is 6.61 Å². The molecule has 0 radical (unpaired) electrons. The van der Waals surface area contributed by atoms with Crippen molar-refractivity contribution in [2.45, 2.75) is 117 Å². The zero-order valence-electron chi connectivity index (χ0n) is 21.7. The molecule has 0 amide bonds. The number of aliphatic hydroxyl groups excluding tert-OH is 1. The summed E-state index contributed by atoms with van der Waals surface area (Å²) in [5.74, 6) is 4.84. The van der Waals surface area contributed by atoms with Crippen LogP contribution in [0, 0.1) is 52.3 Å². The van der Waals surface area contributed by atoms with Crippen molar-refractivity contribution >= 4 is 5.97 Å². The maximum absolute atomic E-state index is 11.5. The molecule has 1 heterocycles. The summed E-state index contributed by atoms with van der Waals surface area (Å²) in [5, 5.41) is 9.43. The molecule has 4 saturated carbocycles. The number of hydrogen-bond donors (Lipinski definition) is 1. The Hall–Kier alpha value is -0.610. The van der Waals surface area contributed by atoms with Crippen molar-refractivity contribution in [2.24, 2.45) is 52.3 Å². The van der Waals surface area contributed by atoms with Gasteiger partial charge in [0, 0.05) is 13.5 Å². The second kappa shape index (κ2) is 8.80. The predicted octanol–water partition coefficient (Wildman–Crippen LogP) is 6.00. The van der Waals surface area contributed by atoms with Gasteiger partial charge in [-0.25, -0.2) is 0 Å². The normalized spacial score (nSPS) is 51.8. The molecule has 12 atom stereocenters. The molecule has 188 valence electrons. The molecular formula is C29H48O4. The van der Waals surface area contributed by atoms with E-state index in [9.17, 15) is 9.90 Å². The van der Waals surface area contributed by atoms with Crippen molar-refractivity contribution in [3.8, 4) is 0 Å². The molecule has 33 heavy (non-hydrogen) atoms. The fourth-order valence-corrected chi connectivity index (χ4v) is 10.1. The van der Waals surface area contributed by atoms with Crippen LogP contribution < -0.4 is 0 Å². The molecule has 0 aromatic carbocycles. The molecule has 1 aliphatic heterocycles. The standard InChI is InChI=1S/C29H48O4/c1-17(16-30)6-9-25-18(2)27-26(33-25)15-24-22-8-7-20-14-21(32-19(3)31)10-12-28(20,4)23(22)11-13-29(24,27)5/h17-18,20-27,30H,6-16H2,1-5H3/t17?,18-,20?,21?,22-,23+,24+,25-,26+,27+,28+,29+/m1/s1. The minimum atomic E-state index is -0.110. The van der Waals surface area contributed by atoms with E-state index in [4.69, 9.17) is 9.47 Å². The summed E-state index contributed by atoms with van der Waals surface area (Å²) in [6, 6.07) is 0. The second-order valence-electron chi connectivity index (χ2n) is 13.4. The van der Waals surface area contributed by atoms with Gasteiger partial charge in [0.2, 0.25) is 0 Å². The van der Waals surface area contributed by atoms with E-state index in [0.717, 1.165) is 49.4 Å². The molecule has 0 bridgehead atoms. The molecule has 5 fully saturated rings. The predicted molar refractivity (Wildman–Crippen MR) is 129 cm³/mol. The minimum Gasteiger partial charge on any atom is -0.463 e. The number of fused-ring (bicyclic) bond motifs is 7. The van der Waals surface area contributed by atoms with Gasteiger partial charge < -0.3 is 14.6 Å². The first-order chi connectivity index (χ1) is 15.7. The van der Waals surface area contributed by atoms with Crippen LogP contribution in [0.4, 0.5) is 0 Å². The van der Waals surface area contributed by atoms with Gasteiger partial charge in [-0.3, -0.25) is 4.79 Å². The molecule has 0 spiro atoms. The fourth-order valence-electron chi connectivity index (χ4n) is 10.1. The van der Waals surface area contributed by atoms with Gasteiger partial charge in [0.25, 0.3) is 0 Å². The first-order valence-corrected chi connectivity index (χ1v) is 14.1. The number of esters is 1. The highest BCUT2D eigenvalue weighted by atomic mass is 16.5. The van der Waals surface area contributed by atoms with Crippen molar-refractivity contribution in [3.05, 3.63) is 0 Å². The molecular weight excluding hydrogens is 412 g/mol. The van der Waals surface area contributed by atoms with Gasteiger partial charge in [-0.15, -0.1) is 0 Å². The quantitative estimate of drug-likeness (QED) is 0.511. The third-order valence-electron chi connectivity index (χ3n) is 11.8. The lowest BCUT2D eigenvalue weighted by atomic mass is 9.44. The molecule has 3 unspecified atom stereocenters. The third kappa shape index (κ3) is 3.90. The van der Waals surface area contributed by atoms with E-state index < -0.39 is 0 Å². The van der Waals surface area contributed by atoms with Crippen LogP contribution in [0.3, 0.4) is 0 Å². The van der Waals surface area contributed by atoms with Crippen LogP contribution in [0.1, 0.15) is 98.8 Å². The lowest BCUT2D eigenvalue weighted by molar-refractivity contribution is -0.160. The minimum absolute atomic E-state index is 0.110. The van der Waals surface area contributed by atoms with Crippen LogP contribution in [0.15, 0.2) is 0 Å². The van der Waals surface area contributed by atoms with E-state index in [-0.39, 0.29) is 18.7 Å². The molecule has 0 aromatic rings. The Kier molecular flexibility index (Phi) is 6.43. The number of aliphatic hydroxyl groups is 1. The average molecular weight is 461 g/mol. The smallest absolute Gasteiger partial charge is 0.302 e. The van der Waals surface area contributed by atoms with E-state index in [1.165, 1.54) is 38.5 Å². The van der Waals surface area contributed by atoms with E-state index in [1.54, 1.807) is 6.92 Å². The zero-order valence-corrected chi connectivity index (χ0v) is 21.7. The number of ether oxygens (including phenoxy) is 2. The number of carbonyl (C=O) groups excluding carboxylic acids is 1. The summed E-state index contributed by atoms with van der Waals surface area (Å²) in [4.78, 5) is 11.5. The Morgan fingerprint density at radius 1 is 1.09 bits per heavy atom. The van der Waals surface area contributed by atoms with Crippen LogP contribution in [-0.4, -0.2) is 36.0 Å². The van der Waals surface area contributed by atoms with Gasteiger partial charge in [-0.1, -0.05) is 27.7 Å². The largest absolute Gasteiger partial charge is 0.463 e. The highest BCUT2D eigenvalue weighted by Gasteiger charge is 2.65. The molecule has 5 rings (SSSR count). The summed E-state index contributed by atoms with van der Waals surface area (Å²) in [6.07, 6.45) is 13.2. The Balaban J connectivity index is 1.29. The van der Waals surface area contributed by atoms with Gasteiger partial charge in [0.05, 0.1) is 12.2 Å². The fraction of sp³-hybridized carbons (Fsp3) is 0.966. The van der Waals surface area contributed by atoms with E-state index in [2.05, 4.69) is 27.7 Å². The Morgan fingerprint density at radius 2 is 1.85 bits per heavy atom. The van der Waals surface area contributed by atoms with Gasteiger partial charge in [0.1, 0.15) is 6.10 Å². The monoisotopic (exact) mass is 460 g/mol. The summed E-state index contributed by atoms with van der Waals surface area (Å²) in [5.41, 5.74) is 0.856. The van der Waals surface area contributed by atoms with E-state index in [0.29, 0.717) is 40.8 Å². The topological polar surface area (TPSA) is 55.8 Å². The Morgan fingerprint density at radius 3 is 2.58 bits per heavy atom. The van der Waals surface area contributed by atoms with Gasteiger partial charge in [-0.05, 0) is 116 Å². The zero-order chi connectivity index (χ0) is 23.5. The van der Waals surface area contributed by atoms with Gasteiger partial charge in [0.15, 0.2) is 0 Å². The number of hydrogen-bond acceptors (Lipinski definition) is 4. The Labute approximate surface area is 201 Å². The summed E-state index contributed by atoms with van der Waals surface area (Å²) in [7, 11) is 0. The maximum atomic E-state index is 11.5. The number of rotatable bonds is 5. The second-order valence-corrected chi connectivity index (χ2v) is 13.4. The van der Waals surface area contributed by atoms with Crippen LogP contribution in [0.5, 0.6) is 0 Å². The van der Waals surface area contributed by atoms with Crippen molar-refractivity contribution in [1.29, 1.82) is 0 Å². The summed E-state index contributed by atoms with van der Waals surface area (Å²) >= 11 is 0. The van der Waals surface area contributed by atoms with Crippen LogP contribution in [-0.2, 0) is 14.3 Å². The molecule has 5 aliphatic rings. The molecule has 1 N–H and O–H groups in total. The van der Waals surface area contributed by atoms with Crippen molar-refractivity contribution in [3.63, 3.8) is 0 Å². The maximum Gasteiger partial charge on any atom is 0.302 e. The first-order valence-electron chi connectivity index (χ1n) is 14.1. The first kappa shape index (κ1) is 24.1. The SMILES string of the molecule is CC(=O)OC1CC[C@@]2(C)C(CC[C@H]3[C@@H]4C[C@@H]5O[C@H](CCC(C)CO)[C@@H](C)[C@@H]5[C@@]4(C)CC[C@@H]32)C1. The summed E-state index contributed by atoms with van der Waals surface area (Å²) in [6.45, 7) is 11.7. The molecule has 4 nitrogen and oxygen atoms in total. The van der Waals surface area contributed by atoms with Gasteiger partial charge >= 0.3 is 5.97 Å². The molecule has 0 aromatic heterocycles. The molecule has 4 heteroatoms. The van der Waals surface area contributed by atoms with Crippen molar-refractivity contribution in [1.82, 2.24) is 0 Å². The van der Waals surface area contributed by atoms with E-state index >= 15 is 0 Å². The van der Waals surface area contributed by atoms with Crippen LogP contribution in [0.25, 0.3) is 0 Å². The highest BCUT2D eigenvalue weighted by Crippen LogP contribution is 2.70. The highest BCUT2D eigenvalue weighted by molar-refractivity contribution is 5.66. The lowest BCUT2D eigenvalue weighted by Crippen LogP contribution is -2.54.